The SMILES string of the molecule is CCNC(=NCC(=O)NCc1ccco1)NC1CCN(c2cccs2)CC1. The third-order valence-corrected chi connectivity index (χ3v) is 5.35. The molecular formula is C19H27N5O2S. The van der Waals surface area contributed by atoms with E-state index in [0.29, 0.717) is 18.5 Å². The Bertz CT molecular complexity index is 707. The molecule has 0 unspecified atom stereocenters. The number of carbonyl (C=O) groups is 1. The van der Waals surface area contributed by atoms with Crippen LogP contribution in [-0.2, 0) is 11.3 Å². The van der Waals surface area contributed by atoms with Crippen LogP contribution in [0.2, 0.25) is 0 Å². The number of nitrogens with zero attached hydrogens (tertiary/aromatic N) is 2. The van der Waals surface area contributed by atoms with Crippen molar-refractivity contribution in [2.75, 3.05) is 31.1 Å². The lowest BCUT2D eigenvalue weighted by molar-refractivity contribution is -0.119. The van der Waals surface area contributed by atoms with Crippen molar-refractivity contribution in [3.05, 3.63) is 41.7 Å². The van der Waals surface area contributed by atoms with E-state index in [1.54, 1.807) is 23.7 Å². The summed E-state index contributed by atoms with van der Waals surface area (Å²) in [6.07, 6.45) is 3.69. The van der Waals surface area contributed by atoms with Gasteiger partial charge in [0.25, 0.3) is 0 Å². The topological polar surface area (TPSA) is 81.9 Å². The quantitative estimate of drug-likeness (QED) is 0.499. The molecule has 3 rings (SSSR count). The molecule has 1 aliphatic rings. The van der Waals surface area contributed by atoms with Gasteiger partial charge in [-0.1, -0.05) is 0 Å². The third-order valence-electron chi connectivity index (χ3n) is 4.42. The number of carbonyl (C=O) groups excluding carboxylic acids is 1. The Balaban J connectivity index is 1.44. The van der Waals surface area contributed by atoms with Crippen LogP contribution in [0.25, 0.3) is 0 Å². The van der Waals surface area contributed by atoms with Gasteiger partial charge in [-0.15, -0.1) is 11.3 Å². The summed E-state index contributed by atoms with van der Waals surface area (Å²) >= 11 is 1.79. The molecule has 0 atom stereocenters. The van der Waals surface area contributed by atoms with Gasteiger partial charge in [-0.3, -0.25) is 4.79 Å². The van der Waals surface area contributed by atoms with Gasteiger partial charge in [0.2, 0.25) is 5.91 Å². The van der Waals surface area contributed by atoms with Gasteiger partial charge in [0.05, 0.1) is 17.8 Å². The number of hydrogen-bond acceptors (Lipinski definition) is 5. The van der Waals surface area contributed by atoms with Crippen molar-refractivity contribution in [3.8, 4) is 0 Å². The van der Waals surface area contributed by atoms with Crippen LogP contribution >= 0.6 is 11.3 Å². The van der Waals surface area contributed by atoms with Gasteiger partial charge in [-0.2, -0.15) is 0 Å². The zero-order valence-corrected chi connectivity index (χ0v) is 16.4. The highest BCUT2D eigenvalue weighted by Crippen LogP contribution is 2.24. The van der Waals surface area contributed by atoms with E-state index in [1.807, 2.05) is 13.0 Å². The molecule has 1 aliphatic heterocycles. The maximum atomic E-state index is 12.0. The maximum absolute atomic E-state index is 12.0. The number of amides is 1. The van der Waals surface area contributed by atoms with Crippen molar-refractivity contribution in [1.82, 2.24) is 16.0 Å². The third kappa shape index (κ3) is 6.02. The predicted octanol–water partition coefficient (Wildman–Crippen LogP) is 2.18. The first kappa shape index (κ1) is 19.3. The summed E-state index contributed by atoms with van der Waals surface area (Å²) in [5.74, 6) is 1.30. The molecule has 1 amide bonds. The molecule has 0 radical (unpaired) electrons. The minimum Gasteiger partial charge on any atom is -0.467 e. The first-order valence-corrected chi connectivity index (χ1v) is 10.2. The second-order valence-electron chi connectivity index (χ2n) is 6.41. The first-order valence-electron chi connectivity index (χ1n) is 9.37. The highest BCUT2D eigenvalue weighted by Gasteiger charge is 2.20. The van der Waals surface area contributed by atoms with E-state index < -0.39 is 0 Å². The molecule has 1 fully saturated rings. The number of anilines is 1. The lowest BCUT2D eigenvalue weighted by Gasteiger charge is -2.33. The van der Waals surface area contributed by atoms with E-state index in [2.05, 4.69) is 43.4 Å². The largest absolute Gasteiger partial charge is 0.467 e. The maximum Gasteiger partial charge on any atom is 0.242 e. The summed E-state index contributed by atoms with van der Waals surface area (Å²) in [5, 5.41) is 12.9. The molecule has 0 saturated carbocycles. The molecule has 3 N–H and O–H groups in total. The van der Waals surface area contributed by atoms with Crippen LogP contribution in [0.3, 0.4) is 0 Å². The summed E-state index contributed by atoms with van der Waals surface area (Å²) in [7, 11) is 0. The molecule has 0 aromatic carbocycles. The van der Waals surface area contributed by atoms with Crippen LogP contribution in [-0.4, -0.2) is 44.1 Å². The summed E-state index contributed by atoms with van der Waals surface area (Å²) in [4.78, 5) is 18.8. The summed E-state index contributed by atoms with van der Waals surface area (Å²) in [6.45, 7) is 5.31. The second-order valence-corrected chi connectivity index (χ2v) is 7.33. The van der Waals surface area contributed by atoms with Crippen molar-refractivity contribution in [1.29, 1.82) is 0 Å². The number of piperidine rings is 1. The second kappa shape index (κ2) is 10.0. The van der Waals surface area contributed by atoms with Crippen LogP contribution in [0.15, 0.2) is 45.3 Å². The monoisotopic (exact) mass is 389 g/mol. The molecular weight excluding hydrogens is 362 g/mol. The number of hydrogen-bond donors (Lipinski definition) is 3. The fourth-order valence-electron chi connectivity index (χ4n) is 3.01. The van der Waals surface area contributed by atoms with E-state index in [1.165, 1.54) is 5.00 Å². The van der Waals surface area contributed by atoms with E-state index >= 15 is 0 Å². The fraction of sp³-hybridized carbons (Fsp3) is 0.474. The van der Waals surface area contributed by atoms with Crippen molar-refractivity contribution in [2.24, 2.45) is 4.99 Å². The van der Waals surface area contributed by atoms with E-state index in [4.69, 9.17) is 4.42 Å². The molecule has 0 aliphatic carbocycles. The molecule has 2 aromatic rings. The predicted molar refractivity (Wildman–Crippen MR) is 109 cm³/mol. The molecule has 7 nitrogen and oxygen atoms in total. The number of thiophene rings is 1. The molecule has 0 spiro atoms. The standard InChI is InChI=1S/C19H27N5O2S/c1-2-20-19(22-14-17(25)21-13-16-5-3-11-26-16)23-15-7-9-24(10-8-15)18-6-4-12-27-18/h3-6,11-12,15H,2,7-10,13-14H2,1H3,(H,21,25)(H2,20,22,23). The average Bonchev–Trinajstić information content (AvgIpc) is 3.39. The number of aliphatic imine (C=N–C) groups is 1. The summed E-state index contributed by atoms with van der Waals surface area (Å²) in [6, 6.07) is 8.27. The zero-order chi connectivity index (χ0) is 18.9. The Labute approximate surface area is 163 Å². The lowest BCUT2D eigenvalue weighted by Crippen LogP contribution is -2.49. The number of furan rings is 1. The Hall–Kier alpha value is -2.48. The van der Waals surface area contributed by atoms with E-state index in [-0.39, 0.29) is 12.5 Å². The van der Waals surface area contributed by atoms with Gasteiger partial charge in [-0.25, -0.2) is 4.99 Å². The Morgan fingerprint density at radius 1 is 1.30 bits per heavy atom. The van der Waals surface area contributed by atoms with Crippen LogP contribution < -0.4 is 20.9 Å². The summed E-state index contributed by atoms with van der Waals surface area (Å²) < 4.78 is 5.21. The lowest BCUT2D eigenvalue weighted by atomic mass is 10.1. The molecule has 146 valence electrons. The minimum atomic E-state index is -0.129. The van der Waals surface area contributed by atoms with E-state index in [0.717, 1.165) is 38.2 Å². The fourth-order valence-corrected chi connectivity index (χ4v) is 3.80. The van der Waals surface area contributed by atoms with Crippen LogP contribution in [0.4, 0.5) is 5.00 Å². The van der Waals surface area contributed by atoms with Crippen molar-refractivity contribution in [3.63, 3.8) is 0 Å². The van der Waals surface area contributed by atoms with Gasteiger partial charge < -0.3 is 25.3 Å². The highest BCUT2D eigenvalue weighted by atomic mass is 32.1. The Kier molecular flexibility index (Phi) is 7.15. The van der Waals surface area contributed by atoms with Gasteiger partial charge in [0.15, 0.2) is 5.96 Å². The highest BCUT2D eigenvalue weighted by molar-refractivity contribution is 7.14. The molecule has 27 heavy (non-hydrogen) atoms. The van der Waals surface area contributed by atoms with E-state index in [9.17, 15) is 4.79 Å². The van der Waals surface area contributed by atoms with Gasteiger partial charge >= 0.3 is 0 Å². The van der Waals surface area contributed by atoms with Crippen molar-refractivity contribution in [2.45, 2.75) is 32.4 Å². The molecule has 2 aromatic heterocycles. The smallest absolute Gasteiger partial charge is 0.242 e. The molecule has 1 saturated heterocycles. The van der Waals surface area contributed by atoms with Crippen molar-refractivity contribution < 1.29 is 9.21 Å². The van der Waals surface area contributed by atoms with Gasteiger partial charge in [-0.05, 0) is 49.4 Å². The normalized spacial score (nSPS) is 15.6. The Morgan fingerprint density at radius 3 is 2.81 bits per heavy atom. The molecule has 8 heteroatoms. The minimum absolute atomic E-state index is 0.0874. The van der Waals surface area contributed by atoms with Crippen molar-refractivity contribution >= 4 is 28.2 Å². The average molecular weight is 390 g/mol. The number of rotatable bonds is 7. The van der Waals surface area contributed by atoms with Crippen LogP contribution in [0.1, 0.15) is 25.5 Å². The van der Waals surface area contributed by atoms with Crippen LogP contribution in [0.5, 0.6) is 0 Å². The molecule has 3 heterocycles. The zero-order valence-electron chi connectivity index (χ0n) is 15.6. The van der Waals surface area contributed by atoms with Gasteiger partial charge in [0.1, 0.15) is 12.3 Å². The number of nitrogens with one attached hydrogen (secondary N) is 3. The first-order chi connectivity index (χ1) is 13.2. The Morgan fingerprint density at radius 2 is 2.15 bits per heavy atom. The van der Waals surface area contributed by atoms with Gasteiger partial charge in [0, 0.05) is 25.7 Å². The number of guanidine groups is 1. The molecule has 0 bridgehead atoms. The summed E-state index contributed by atoms with van der Waals surface area (Å²) in [5.41, 5.74) is 0. The van der Waals surface area contributed by atoms with Crippen LogP contribution in [0, 0.1) is 0 Å².